The van der Waals surface area contributed by atoms with Crippen molar-refractivity contribution in [1.82, 2.24) is 14.9 Å². The first-order chi connectivity index (χ1) is 13.6. The van der Waals surface area contributed by atoms with Crippen molar-refractivity contribution in [2.45, 2.75) is 26.3 Å². The zero-order valence-corrected chi connectivity index (χ0v) is 16.4. The van der Waals surface area contributed by atoms with E-state index in [2.05, 4.69) is 10.3 Å². The standard InChI is InChI=1S/C21H22ClN3O3/c1-2-28-20(26)14-25-18-10-4-3-9-17(18)24-19(25)11-6-12-23-21(27)15-7-5-8-16(22)13-15/h3-5,7-10,13H,2,6,11-12,14H2,1H3,(H,23,27). The molecule has 1 aromatic heterocycles. The van der Waals surface area contributed by atoms with Crippen LogP contribution in [0.4, 0.5) is 0 Å². The molecule has 0 radical (unpaired) electrons. The Morgan fingerprint density at radius 1 is 1.18 bits per heavy atom. The lowest BCUT2D eigenvalue weighted by Gasteiger charge is -2.09. The molecule has 0 spiro atoms. The molecule has 28 heavy (non-hydrogen) atoms. The number of aryl methyl sites for hydroxylation is 1. The van der Waals surface area contributed by atoms with Crippen LogP contribution >= 0.6 is 11.6 Å². The van der Waals surface area contributed by atoms with Crippen LogP contribution < -0.4 is 5.32 Å². The van der Waals surface area contributed by atoms with Crippen LogP contribution in [0.25, 0.3) is 11.0 Å². The largest absolute Gasteiger partial charge is 0.465 e. The summed E-state index contributed by atoms with van der Waals surface area (Å²) in [4.78, 5) is 28.8. The van der Waals surface area contributed by atoms with Gasteiger partial charge in [0, 0.05) is 23.6 Å². The number of halogens is 1. The second-order valence-corrected chi connectivity index (χ2v) is 6.71. The number of esters is 1. The predicted molar refractivity (Wildman–Crippen MR) is 108 cm³/mol. The second kappa shape index (κ2) is 9.37. The molecule has 2 aromatic carbocycles. The number of fused-ring (bicyclic) bond motifs is 1. The van der Waals surface area contributed by atoms with Gasteiger partial charge in [-0.05, 0) is 43.7 Å². The number of imidazole rings is 1. The van der Waals surface area contributed by atoms with Gasteiger partial charge in [-0.15, -0.1) is 0 Å². The van der Waals surface area contributed by atoms with Crippen LogP contribution in [0.15, 0.2) is 48.5 Å². The van der Waals surface area contributed by atoms with Crippen LogP contribution in [0.5, 0.6) is 0 Å². The van der Waals surface area contributed by atoms with Gasteiger partial charge in [0.15, 0.2) is 0 Å². The van der Waals surface area contributed by atoms with E-state index in [-0.39, 0.29) is 18.4 Å². The second-order valence-electron chi connectivity index (χ2n) is 6.28. The Morgan fingerprint density at radius 3 is 2.79 bits per heavy atom. The maximum atomic E-state index is 12.2. The number of nitrogens with zero attached hydrogens (tertiary/aromatic N) is 2. The third-order valence-electron chi connectivity index (χ3n) is 4.28. The van der Waals surface area contributed by atoms with Crippen molar-refractivity contribution in [2.24, 2.45) is 0 Å². The van der Waals surface area contributed by atoms with Crippen molar-refractivity contribution in [1.29, 1.82) is 0 Å². The Hall–Kier alpha value is -2.86. The Balaban J connectivity index is 1.63. The van der Waals surface area contributed by atoms with Gasteiger partial charge < -0.3 is 14.6 Å². The van der Waals surface area contributed by atoms with E-state index in [0.717, 1.165) is 16.9 Å². The molecule has 0 aliphatic rings. The van der Waals surface area contributed by atoms with E-state index in [1.165, 1.54) is 0 Å². The van der Waals surface area contributed by atoms with Gasteiger partial charge in [0.25, 0.3) is 5.91 Å². The summed E-state index contributed by atoms with van der Waals surface area (Å²) in [6, 6.07) is 14.5. The van der Waals surface area contributed by atoms with E-state index in [0.29, 0.717) is 36.6 Å². The van der Waals surface area contributed by atoms with Crippen LogP contribution in [0.2, 0.25) is 5.02 Å². The van der Waals surface area contributed by atoms with E-state index in [9.17, 15) is 9.59 Å². The van der Waals surface area contributed by atoms with Gasteiger partial charge in [-0.3, -0.25) is 9.59 Å². The number of carbonyl (C=O) groups is 2. The molecule has 0 unspecified atom stereocenters. The molecule has 6 nitrogen and oxygen atoms in total. The number of aromatic nitrogens is 2. The fraction of sp³-hybridized carbons (Fsp3) is 0.286. The van der Waals surface area contributed by atoms with Gasteiger partial charge in [0.2, 0.25) is 0 Å². The normalized spacial score (nSPS) is 10.8. The van der Waals surface area contributed by atoms with Crippen LogP contribution in [0, 0.1) is 0 Å². The van der Waals surface area contributed by atoms with Crippen LogP contribution in [-0.2, 0) is 22.5 Å². The predicted octanol–water partition coefficient (Wildman–Crippen LogP) is 3.62. The SMILES string of the molecule is CCOC(=O)Cn1c(CCCNC(=O)c2cccc(Cl)c2)nc2ccccc21. The number of ether oxygens (including phenoxy) is 1. The highest BCUT2D eigenvalue weighted by Gasteiger charge is 2.14. The molecule has 3 aromatic rings. The van der Waals surface area contributed by atoms with Gasteiger partial charge in [-0.25, -0.2) is 4.98 Å². The van der Waals surface area contributed by atoms with Crippen LogP contribution in [0.3, 0.4) is 0 Å². The van der Waals surface area contributed by atoms with Crippen molar-refractivity contribution < 1.29 is 14.3 Å². The molecule has 0 fully saturated rings. The smallest absolute Gasteiger partial charge is 0.326 e. The highest BCUT2D eigenvalue weighted by atomic mass is 35.5. The van der Waals surface area contributed by atoms with E-state index >= 15 is 0 Å². The number of benzene rings is 2. The third-order valence-corrected chi connectivity index (χ3v) is 4.51. The molecule has 1 N–H and O–H groups in total. The first-order valence-corrected chi connectivity index (χ1v) is 9.60. The Labute approximate surface area is 168 Å². The van der Waals surface area contributed by atoms with Gasteiger partial charge in [0.05, 0.1) is 17.6 Å². The molecule has 1 heterocycles. The molecule has 0 saturated carbocycles. The lowest BCUT2D eigenvalue weighted by Crippen LogP contribution is -2.25. The van der Waals surface area contributed by atoms with Crippen molar-refractivity contribution in [3.05, 3.63) is 64.9 Å². The summed E-state index contributed by atoms with van der Waals surface area (Å²) in [6.45, 7) is 2.75. The minimum atomic E-state index is -0.291. The summed E-state index contributed by atoms with van der Waals surface area (Å²) >= 11 is 5.92. The van der Waals surface area contributed by atoms with Gasteiger partial charge >= 0.3 is 5.97 Å². The Morgan fingerprint density at radius 2 is 2.00 bits per heavy atom. The first-order valence-electron chi connectivity index (χ1n) is 9.22. The number of hydrogen-bond donors (Lipinski definition) is 1. The minimum absolute atomic E-state index is 0.124. The quantitative estimate of drug-likeness (QED) is 0.464. The number of para-hydroxylation sites is 2. The van der Waals surface area contributed by atoms with Crippen molar-refractivity contribution in [3.8, 4) is 0 Å². The monoisotopic (exact) mass is 399 g/mol. The fourth-order valence-corrected chi connectivity index (χ4v) is 3.20. The summed E-state index contributed by atoms with van der Waals surface area (Å²) in [5.74, 6) is 0.343. The maximum Gasteiger partial charge on any atom is 0.326 e. The van der Waals surface area contributed by atoms with Crippen molar-refractivity contribution >= 4 is 34.5 Å². The fourth-order valence-electron chi connectivity index (χ4n) is 3.01. The molecule has 0 aliphatic carbocycles. The first kappa shape index (κ1) is 19.9. The summed E-state index contributed by atoms with van der Waals surface area (Å²) in [5, 5.41) is 3.41. The highest BCUT2D eigenvalue weighted by Crippen LogP contribution is 2.17. The summed E-state index contributed by atoms with van der Waals surface area (Å²) in [5.41, 5.74) is 2.26. The molecule has 3 rings (SSSR count). The molecule has 146 valence electrons. The van der Waals surface area contributed by atoms with Crippen LogP contribution in [-0.4, -0.2) is 34.6 Å². The summed E-state index contributed by atoms with van der Waals surface area (Å²) in [7, 11) is 0. The number of nitrogens with one attached hydrogen (secondary N) is 1. The molecule has 0 atom stereocenters. The van der Waals surface area contributed by atoms with Crippen molar-refractivity contribution in [3.63, 3.8) is 0 Å². The topological polar surface area (TPSA) is 73.2 Å². The molecule has 0 saturated heterocycles. The molecule has 7 heteroatoms. The highest BCUT2D eigenvalue weighted by molar-refractivity contribution is 6.30. The molecule has 0 aliphatic heterocycles. The molecular formula is C21H22ClN3O3. The van der Waals surface area contributed by atoms with E-state index < -0.39 is 0 Å². The zero-order valence-electron chi connectivity index (χ0n) is 15.7. The van der Waals surface area contributed by atoms with Crippen LogP contribution in [0.1, 0.15) is 29.5 Å². The van der Waals surface area contributed by atoms with Crippen molar-refractivity contribution in [2.75, 3.05) is 13.2 Å². The lowest BCUT2D eigenvalue weighted by molar-refractivity contribution is -0.143. The Kier molecular flexibility index (Phi) is 6.66. The summed E-state index contributed by atoms with van der Waals surface area (Å²) < 4.78 is 6.96. The maximum absolute atomic E-state index is 12.2. The lowest BCUT2D eigenvalue weighted by atomic mass is 10.2. The van der Waals surface area contributed by atoms with Gasteiger partial charge in [0.1, 0.15) is 12.4 Å². The Bertz CT molecular complexity index is 984. The molecule has 1 amide bonds. The summed E-state index contributed by atoms with van der Waals surface area (Å²) in [6.07, 6.45) is 1.32. The van der Waals surface area contributed by atoms with E-state index in [4.69, 9.17) is 16.3 Å². The van der Waals surface area contributed by atoms with E-state index in [1.54, 1.807) is 31.2 Å². The van der Waals surface area contributed by atoms with Gasteiger partial charge in [-0.2, -0.15) is 0 Å². The number of amides is 1. The molecule has 0 bridgehead atoms. The van der Waals surface area contributed by atoms with Gasteiger partial charge in [-0.1, -0.05) is 29.8 Å². The molecular weight excluding hydrogens is 378 g/mol. The van der Waals surface area contributed by atoms with E-state index in [1.807, 2.05) is 28.8 Å². The number of rotatable bonds is 8. The number of hydrogen-bond acceptors (Lipinski definition) is 4. The number of carbonyl (C=O) groups excluding carboxylic acids is 2. The third kappa shape index (κ3) is 4.89. The average molecular weight is 400 g/mol. The zero-order chi connectivity index (χ0) is 19.9. The average Bonchev–Trinajstić information content (AvgIpc) is 3.03. The minimum Gasteiger partial charge on any atom is -0.465 e.